The number of carbonyl (C=O) groups excluding carboxylic acids is 1. The van der Waals surface area contributed by atoms with E-state index in [1.807, 2.05) is 12.1 Å². The molecule has 1 saturated heterocycles. The maximum atomic E-state index is 11.9. The third kappa shape index (κ3) is 3.67. The summed E-state index contributed by atoms with van der Waals surface area (Å²) in [7, 11) is 1.80. The van der Waals surface area contributed by atoms with Gasteiger partial charge in [0, 0.05) is 38.7 Å². The fourth-order valence-electron chi connectivity index (χ4n) is 1.95. The molecular weight excluding hydrogens is 228 g/mol. The number of rotatable bonds is 4. The smallest absolute Gasteiger partial charge is 0.246 e. The van der Waals surface area contributed by atoms with Crippen molar-refractivity contribution in [3.63, 3.8) is 0 Å². The molecule has 0 N–H and O–H groups in total. The van der Waals surface area contributed by atoms with Crippen LogP contribution in [0.1, 0.15) is 18.4 Å². The highest BCUT2D eigenvalue weighted by Crippen LogP contribution is 2.12. The molecule has 1 fully saturated rings. The largest absolute Gasteiger partial charge is 0.376 e. The fourth-order valence-corrected chi connectivity index (χ4v) is 1.95. The van der Waals surface area contributed by atoms with Crippen LogP contribution in [0.4, 0.5) is 0 Å². The minimum atomic E-state index is -0.00523. The van der Waals surface area contributed by atoms with Gasteiger partial charge in [0.1, 0.15) is 0 Å². The lowest BCUT2D eigenvalue weighted by molar-refractivity contribution is -0.126. The van der Waals surface area contributed by atoms with E-state index in [1.165, 1.54) is 0 Å². The van der Waals surface area contributed by atoms with Crippen LogP contribution < -0.4 is 0 Å². The molecule has 0 aromatic carbocycles. The first-order chi connectivity index (χ1) is 8.75. The van der Waals surface area contributed by atoms with E-state index < -0.39 is 0 Å². The molecule has 1 aromatic rings. The molecule has 0 spiro atoms. The van der Waals surface area contributed by atoms with Crippen molar-refractivity contribution in [3.05, 3.63) is 36.2 Å². The van der Waals surface area contributed by atoms with E-state index in [2.05, 4.69) is 4.98 Å². The highest BCUT2D eigenvalue weighted by Gasteiger charge is 2.18. The Morgan fingerprint density at radius 1 is 1.67 bits per heavy atom. The van der Waals surface area contributed by atoms with Crippen molar-refractivity contribution in [2.24, 2.45) is 0 Å². The molecule has 18 heavy (non-hydrogen) atoms. The molecule has 4 heteroatoms. The molecule has 1 aliphatic rings. The zero-order chi connectivity index (χ0) is 12.8. The Morgan fingerprint density at radius 2 is 2.56 bits per heavy atom. The number of aromatic nitrogens is 1. The minimum Gasteiger partial charge on any atom is -0.376 e. The van der Waals surface area contributed by atoms with Gasteiger partial charge in [0.15, 0.2) is 0 Å². The van der Waals surface area contributed by atoms with Gasteiger partial charge >= 0.3 is 0 Å². The van der Waals surface area contributed by atoms with Crippen molar-refractivity contribution in [1.82, 2.24) is 9.88 Å². The van der Waals surface area contributed by atoms with Crippen molar-refractivity contribution in [3.8, 4) is 0 Å². The summed E-state index contributed by atoms with van der Waals surface area (Å²) in [4.78, 5) is 17.6. The first kappa shape index (κ1) is 12.8. The monoisotopic (exact) mass is 246 g/mol. The number of nitrogens with zero attached hydrogens (tertiary/aromatic N) is 2. The van der Waals surface area contributed by atoms with Crippen molar-refractivity contribution in [1.29, 1.82) is 0 Å². The molecule has 0 unspecified atom stereocenters. The van der Waals surface area contributed by atoms with Crippen LogP contribution in [0.2, 0.25) is 0 Å². The number of hydrogen-bond acceptors (Lipinski definition) is 3. The second kappa shape index (κ2) is 6.31. The van der Waals surface area contributed by atoms with E-state index in [-0.39, 0.29) is 12.0 Å². The Labute approximate surface area is 107 Å². The second-order valence-corrected chi connectivity index (χ2v) is 4.47. The van der Waals surface area contributed by atoms with Crippen molar-refractivity contribution in [2.45, 2.75) is 18.9 Å². The highest BCUT2D eigenvalue weighted by atomic mass is 16.5. The lowest BCUT2D eigenvalue weighted by atomic mass is 10.2. The average Bonchev–Trinajstić information content (AvgIpc) is 2.90. The first-order valence-electron chi connectivity index (χ1n) is 6.20. The van der Waals surface area contributed by atoms with Crippen LogP contribution in [0.5, 0.6) is 0 Å². The summed E-state index contributed by atoms with van der Waals surface area (Å²) >= 11 is 0. The maximum Gasteiger partial charge on any atom is 0.246 e. The molecule has 1 aliphatic heterocycles. The zero-order valence-electron chi connectivity index (χ0n) is 10.6. The van der Waals surface area contributed by atoms with Gasteiger partial charge in [-0.15, -0.1) is 0 Å². The predicted octanol–water partition coefficient (Wildman–Crippen LogP) is 1.73. The second-order valence-electron chi connectivity index (χ2n) is 4.47. The van der Waals surface area contributed by atoms with Gasteiger partial charge in [0.2, 0.25) is 5.91 Å². The summed E-state index contributed by atoms with van der Waals surface area (Å²) < 4.78 is 5.51. The molecule has 0 bridgehead atoms. The number of likely N-dealkylation sites (N-methyl/N-ethyl adjacent to an activating group) is 1. The number of carbonyl (C=O) groups is 1. The third-order valence-corrected chi connectivity index (χ3v) is 2.98. The van der Waals surface area contributed by atoms with Gasteiger partial charge in [-0.1, -0.05) is 6.07 Å². The van der Waals surface area contributed by atoms with Gasteiger partial charge in [-0.3, -0.25) is 9.78 Å². The van der Waals surface area contributed by atoms with Crippen LogP contribution in [0.25, 0.3) is 6.08 Å². The van der Waals surface area contributed by atoms with Crippen LogP contribution in [0.15, 0.2) is 30.6 Å². The number of hydrogen-bond donors (Lipinski definition) is 0. The molecule has 2 heterocycles. The summed E-state index contributed by atoms with van der Waals surface area (Å²) in [6.07, 6.45) is 9.13. The van der Waals surface area contributed by atoms with Crippen LogP contribution in [-0.4, -0.2) is 42.1 Å². The highest BCUT2D eigenvalue weighted by molar-refractivity contribution is 5.91. The van der Waals surface area contributed by atoms with Gasteiger partial charge in [-0.2, -0.15) is 0 Å². The molecule has 96 valence electrons. The van der Waals surface area contributed by atoms with Gasteiger partial charge in [-0.05, 0) is 30.5 Å². The fraction of sp³-hybridized carbons (Fsp3) is 0.429. The molecule has 0 aliphatic carbocycles. The van der Waals surface area contributed by atoms with Crippen LogP contribution in [-0.2, 0) is 9.53 Å². The molecule has 1 amide bonds. The summed E-state index contributed by atoms with van der Waals surface area (Å²) in [5, 5.41) is 0. The summed E-state index contributed by atoms with van der Waals surface area (Å²) in [6, 6.07) is 3.76. The third-order valence-electron chi connectivity index (χ3n) is 2.98. The predicted molar refractivity (Wildman–Crippen MR) is 69.9 cm³/mol. The van der Waals surface area contributed by atoms with Gasteiger partial charge in [0.25, 0.3) is 0 Å². The first-order valence-corrected chi connectivity index (χ1v) is 6.20. The zero-order valence-corrected chi connectivity index (χ0v) is 10.6. The normalized spacial score (nSPS) is 19.3. The van der Waals surface area contributed by atoms with Gasteiger partial charge in [-0.25, -0.2) is 0 Å². The average molecular weight is 246 g/mol. The quantitative estimate of drug-likeness (QED) is 0.760. The van der Waals surface area contributed by atoms with E-state index in [4.69, 9.17) is 4.74 Å². The Balaban J connectivity index is 1.85. The molecule has 1 atom stereocenters. The van der Waals surface area contributed by atoms with E-state index >= 15 is 0 Å². The van der Waals surface area contributed by atoms with Crippen molar-refractivity contribution < 1.29 is 9.53 Å². The van der Waals surface area contributed by atoms with E-state index in [1.54, 1.807) is 36.5 Å². The number of pyridine rings is 1. The van der Waals surface area contributed by atoms with Gasteiger partial charge < -0.3 is 9.64 Å². The van der Waals surface area contributed by atoms with E-state index in [9.17, 15) is 4.79 Å². The molecule has 1 aromatic heterocycles. The Morgan fingerprint density at radius 3 is 3.22 bits per heavy atom. The SMILES string of the molecule is CN(C[C@H]1CCCO1)C(=O)/C=C\c1cccnc1. The van der Waals surface area contributed by atoms with Crippen molar-refractivity contribution >= 4 is 12.0 Å². The molecule has 0 saturated carbocycles. The van der Waals surface area contributed by atoms with E-state index in [0.29, 0.717) is 6.54 Å². The molecular formula is C14H18N2O2. The van der Waals surface area contributed by atoms with Crippen LogP contribution in [0, 0.1) is 0 Å². The number of ether oxygens (including phenoxy) is 1. The van der Waals surface area contributed by atoms with Crippen LogP contribution >= 0.6 is 0 Å². The van der Waals surface area contributed by atoms with Crippen LogP contribution in [0.3, 0.4) is 0 Å². The maximum absolute atomic E-state index is 11.9. The number of amides is 1. The standard InChI is InChI=1S/C14H18N2O2/c1-16(11-13-5-3-9-18-13)14(17)7-6-12-4-2-8-15-10-12/h2,4,6-8,10,13H,3,5,9,11H2,1H3/b7-6-/t13-/m1/s1. The van der Waals surface area contributed by atoms with Gasteiger partial charge in [0.05, 0.1) is 6.10 Å². The van der Waals surface area contributed by atoms with E-state index in [0.717, 1.165) is 25.0 Å². The summed E-state index contributed by atoms with van der Waals surface area (Å²) in [5.41, 5.74) is 0.927. The minimum absolute atomic E-state index is 0.00523. The summed E-state index contributed by atoms with van der Waals surface area (Å²) in [5.74, 6) is -0.00523. The Hall–Kier alpha value is -1.68. The lowest BCUT2D eigenvalue weighted by Crippen LogP contribution is -2.32. The topological polar surface area (TPSA) is 42.4 Å². The summed E-state index contributed by atoms with van der Waals surface area (Å²) in [6.45, 7) is 1.48. The molecule has 0 radical (unpaired) electrons. The van der Waals surface area contributed by atoms with Crippen molar-refractivity contribution in [2.75, 3.05) is 20.2 Å². The lowest BCUT2D eigenvalue weighted by Gasteiger charge is -2.19. The molecule has 2 rings (SSSR count). The Bertz CT molecular complexity index is 411. The molecule has 4 nitrogen and oxygen atoms in total. The Kier molecular flexibility index (Phi) is 4.47.